The molecule has 2 nitrogen and oxygen atoms in total. The lowest BCUT2D eigenvalue weighted by Gasteiger charge is -2.05. The normalized spacial score (nSPS) is 10.3. The van der Waals surface area contributed by atoms with Crippen LogP contribution in [-0.4, -0.2) is 12.9 Å². The summed E-state index contributed by atoms with van der Waals surface area (Å²) in [5.74, 6) is -0.957. The summed E-state index contributed by atoms with van der Waals surface area (Å²) in [7, 11) is 1.38. The van der Waals surface area contributed by atoms with Gasteiger partial charge in [0.1, 0.15) is 5.82 Å². The number of carbonyl (C=O) groups excluding carboxylic acids is 1. The molecule has 0 radical (unpaired) electrons. The van der Waals surface area contributed by atoms with Gasteiger partial charge in [0, 0.05) is 12.0 Å². The molecule has 0 N–H and O–H groups in total. The zero-order valence-electron chi connectivity index (χ0n) is 10.3. The van der Waals surface area contributed by atoms with Gasteiger partial charge in [0.25, 0.3) is 0 Å². The van der Waals surface area contributed by atoms with Gasteiger partial charge in [-0.1, -0.05) is 6.07 Å². The Morgan fingerprint density at radius 3 is 2.37 bits per heavy atom. The van der Waals surface area contributed by atoms with Crippen molar-refractivity contribution in [2.45, 2.75) is 6.42 Å². The van der Waals surface area contributed by atoms with Crippen molar-refractivity contribution in [3.05, 3.63) is 65.2 Å². The average Bonchev–Trinajstić information content (AvgIpc) is 2.39. The van der Waals surface area contributed by atoms with Crippen LogP contribution in [-0.2, 0) is 6.42 Å². The summed E-state index contributed by atoms with van der Waals surface area (Å²) in [5, 5.41) is 0. The number of benzene rings is 2. The zero-order chi connectivity index (χ0) is 13.8. The molecule has 0 amide bonds. The van der Waals surface area contributed by atoms with Crippen LogP contribution in [0, 0.1) is 11.6 Å². The number of hydrogen-bond acceptors (Lipinski definition) is 2. The van der Waals surface area contributed by atoms with Gasteiger partial charge in [-0.05, 0) is 42.0 Å². The van der Waals surface area contributed by atoms with E-state index in [1.807, 2.05) is 0 Å². The minimum absolute atomic E-state index is 0.0621. The zero-order valence-corrected chi connectivity index (χ0v) is 10.3. The lowest BCUT2D eigenvalue weighted by molar-refractivity contribution is 0.0993. The number of halogens is 2. The first-order chi connectivity index (χ1) is 9.10. The van der Waals surface area contributed by atoms with Gasteiger partial charge in [-0.15, -0.1) is 0 Å². The van der Waals surface area contributed by atoms with Gasteiger partial charge in [-0.25, -0.2) is 8.78 Å². The van der Waals surface area contributed by atoms with Crippen molar-refractivity contribution in [2.24, 2.45) is 0 Å². The van der Waals surface area contributed by atoms with E-state index in [9.17, 15) is 13.6 Å². The smallest absolute Gasteiger partial charge is 0.167 e. The summed E-state index contributed by atoms with van der Waals surface area (Å²) in [4.78, 5) is 11.9. The average molecular weight is 262 g/mol. The van der Waals surface area contributed by atoms with E-state index >= 15 is 0 Å². The van der Waals surface area contributed by atoms with Crippen LogP contribution in [0.15, 0.2) is 42.5 Å². The number of ketones is 1. The highest BCUT2D eigenvalue weighted by Gasteiger charge is 2.09. The van der Waals surface area contributed by atoms with E-state index in [2.05, 4.69) is 0 Å². The standard InChI is InChI=1S/C15H12F2O2/c1-19-15-7-2-10(8-13(15)17)9-14(18)11-3-5-12(16)6-4-11/h2-8H,9H2,1H3. The second-order valence-corrected chi connectivity index (χ2v) is 4.08. The highest BCUT2D eigenvalue weighted by molar-refractivity contribution is 5.97. The third kappa shape index (κ3) is 3.16. The fourth-order valence-corrected chi connectivity index (χ4v) is 1.74. The number of methoxy groups -OCH3 is 1. The maximum absolute atomic E-state index is 13.5. The summed E-state index contributed by atoms with van der Waals surface area (Å²) in [5.41, 5.74) is 0.949. The molecule has 0 spiro atoms. The fourth-order valence-electron chi connectivity index (χ4n) is 1.74. The lowest BCUT2D eigenvalue weighted by Crippen LogP contribution is -2.04. The Balaban J connectivity index is 2.14. The Morgan fingerprint density at radius 1 is 1.11 bits per heavy atom. The predicted molar refractivity (Wildman–Crippen MR) is 67.4 cm³/mol. The summed E-state index contributed by atoms with van der Waals surface area (Å²) < 4.78 is 31.0. The Bertz CT molecular complexity index is 592. The van der Waals surface area contributed by atoms with Crippen LogP contribution >= 0.6 is 0 Å². The molecule has 98 valence electrons. The molecule has 0 fully saturated rings. The molecule has 0 heterocycles. The van der Waals surface area contributed by atoms with E-state index in [0.717, 1.165) is 0 Å². The largest absolute Gasteiger partial charge is 0.494 e. The van der Waals surface area contributed by atoms with Gasteiger partial charge in [0.15, 0.2) is 17.3 Å². The minimum atomic E-state index is -0.507. The molecule has 0 bridgehead atoms. The lowest BCUT2D eigenvalue weighted by atomic mass is 10.0. The highest BCUT2D eigenvalue weighted by atomic mass is 19.1. The van der Waals surface area contributed by atoms with Crippen LogP contribution in [0.2, 0.25) is 0 Å². The molecule has 0 aromatic heterocycles. The van der Waals surface area contributed by atoms with Crippen LogP contribution < -0.4 is 4.74 Å². The molecule has 2 aromatic rings. The van der Waals surface area contributed by atoms with Crippen molar-refractivity contribution in [3.8, 4) is 5.75 Å². The molecule has 0 aliphatic heterocycles. The number of Topliss-reactive ketones (excluding diaryl/α,β-unsaturated/α-hetero) is 1. The molecule has 0 aliphatic rings. The Kier molecular flexibility index (Phi) is 3.90. The van der Waals surface area contributed by atoms with Crippen molar-refractivity contribution in [2.75, 3.05) is 7.11 Å². The first kappa shape index (κ1) is 13.2. The van der Waals surface area contributed by atoms with Crippen molar-refractivity contribution in [1.82, 2.24) is 0 Å². The summed E-state index contributed by atoms with van der Waals surface area (Å²) in [6, 6.07) is 9.64. The van der Waals surface area contributed by atoms with E-state index in [1.54, 1.807) is 6.07 Å². The van der Waals surface area contributed by atoms with Crippen LogP contribution in [0.3, 0.4) is 0 Å². The van der Waals surface area contributed by atoms with Gasteiger partial charge in [-0.3, -0.25) is 4.79 Å². The molecule has 0 saturated heterocycles. The van der Waals surface area contributed by atoms with Crippen LogP contribution in [0.4, 0.5) is 8.78 Å². The molecule has 0 saturated carbocycles. The fraction of sp³-hybridized carbons (Fsp3) is 0.133. The molecule has 0 aliphatic carbocycles. The summed E-state index contributed by atoms with van der Waals surface area (Å²) in [6.07, 6.45) is 0.0621. The van der Waals surface area contributed by atoms with E-state index in [1.165, 1.54) is 43.5 Å². The third-order valence-corrected chi connectivity index (χ3v) is 2.75. The van der Waals surface area contributed by atoms with Crippen LogP contribution in [0.1, 0.15) is 15.9 Å². The van der Waals surface area contributed by atoms with Crippen molar-refractivity contribution in [1.29, 1.82) is 0 Å². The van der Waals surface area contributed by atoms with Gasteiger partial charge in [-0.2, -0.15) is 0 Å². The SMILES string of the molecule is COc1ccc(CC(=O)c2ccc(F)cc2)cc1F. The maximum atomic E-state index is 13.5. The van der Waals surface area contributed by atoms with E-state index in [4.69, 9.17) is 4.74 Å². The topological polar surface area (TPSA) is 26.3 Å². The quantitative estimate of drug-likeness (QED) is 0.789. The van der Waals surface area contributed by atoms with Gasteiger partial charge in [0.05, 0.1) is 7.11 Å². The van der Waals surface area contributed by atoms with E-state index in [0.29, 0.717) is 11.1 Å². The molecule has 2 rings (SSSR count). The van der Waals surface area contributed by atoms with Gasteiger partial charge in [0.2, 0.25) is 0 Å². The molecule has 19 heavy (non-hydrogen) atoms. The van der Waals surface area contributed by atoms with Gasteiger partial charge < -0.3 is 4.74 Å². The molecule has 4 heteroatoms. The Hall–Kier alpha value is -2.23. The monoisotopic (exact) mass is 262 g/mol. The number of carbonyl (C=O) groups is 1. The Labute approximate surface area is 109 Å². The van der Waals surface area contributed by atoms with E-state index < -0.39 is 11.6 Å². The van der Waals surface area contributed by atoms with Crippen molar-refractivity contribution in [3.63, 3.8) is 0 Å². The second-order valence-electron chi connectivity index (χ2n) is 4.08. The predicted octanol–water partition coefficient (Wildman–Crippen LogP) is 3.40. The second kappa shape index (κ2) is 5.61. The van der Waals surface area contributed by atoms with Crippen LogP contribution in [0.5, 0.6) is 5.75 Å². The van der Waals surface area contributed by atoms with Crippen molar-refractivity contribution >= 4 is 5.78 Å². The first-order valence-corrected chi connectivity index (χ1v) is 5.71. The van der Waals surface area contributed by atoms with Crippen LogP contribution in [0.25, 0.3) is 0 Å². The highest BCUT2D eigenvalue weighted by Crippen LogP contribution is 2.19. The van der Waals surface area contributed by atoms with E-state index in [-0.39, 0.29) is 18.0 Å². The third-order valence-electron chi connectivity index (χ3n) is 2.75. The number of hydrogen-bond donors (Lipinski definition) is 0. The first-order valence-electron chi connectivity index (χ1n) is 5.71. The molecular weight excluding hydrogens is 250 g/mol. The van der Waals surface area contributed by atoms with Gasteiger partial charge >= 0.3 is 0 Å². The van der Waals surface area contributed by atoms with Crippen molar-refractivity contribution < 1.29 is 18.3 Å². The number of rotatable bonds is 4. The Morgan fingerprint density at radius 2 is 1.79 bits per heavy atom. The maximum Gasteiger partial charge on any atom is 0.167 e. The molecule has 0 atom stereocenters. The minimum Gasteiger partial charge on any atom is -0.494 e. The summed E-state index contributed by atoms with van der Waals surface area (Å²) in [6.45, 7) is 0. The molecule has 0 unspecified atom stereocenters. The molecular formula is C15H12F2O2. The molecule has 2 aromatic carbocycles. The summed E-state index contributed by atoms with van der Waals surface area (Å²) >= 11 is 0. The number of ether oxygens (including phenoxy) is 1.